The third-order valence-electron chi connectivity index (χ3n) is 4.18. The van der Waals surface area contributed by atoms with E-state index in [0.29, 0.717) is 18.2 Å². The molecule has 0 aromatic heterocycles. The van der Waals surface area contributed by atoms with Gasteiger partial charge in [-0.25, -0.2) is 0 Å². The number of likely N-dealkylation sites (N-methyl/N-ethyl adjacent to an activating group) is 1. The third kappa shape index (κ3) is 5.51. The molecule has 1 aromatic carbocycles. The second kappa shape index (κ2) is 8.47. The highest BCUT2D eigenvalue weighted by Crippen LogP contribution is 2.06. The van der Waals surface area contributed by atoms with Crippen molar-refractivity contribution < 1.29 is 4.79 Å². The quantitative estimate of drug-likeness (QED) is 0.833. The zero-order chi connectivity index (χ0) is 16.7. The topological polar surface area (TPSA) is 59.4 Å². The van der Waals surface area contributed by atoms with Crippen molar-refractivity contribution >= 4 is 12.0 Å². The van der Waals surface area contributed by atoms with Crippen molar-refractivity contribution in [2.24, 2.45) is 0 Å². The summed E-state index contributed by atoms with van der Waals surface area (Å²) >= 11 is 0. The van der Waals surface area contributed by atoms with Gasteiger partial charge < -0.3 is 10.2 Å². The number of nitrogens with one attached hydrogen (secondary N) is 1. The zero-order valence-corrected chi connectivity index (χ0v) is 13.8. The van der Waals surface area contributed by atoms with Crippen LogP contribution >= 0.6 is 0 Å². The zero-order valence-electron chi connectivity index (χ0n) is 13.8. The van der Waals surface area contributed by atoms with Gasteiger partial charge in [0.25, 0.3) is 0 Å². The fourth-order valence-corrected chi connectivity index (χ4v) is 2.58. The van der Waals surface area contributed by atoms with Gasteiger partial charge in [0.05, 0.1) is 11.6 Å². The van der Waals surface area contributed by atoms with Crippen molar-refractivity contribution in [3.63, 3.8) is 0 Å². The maximum atomic E-state index is 11.9. The van der Waals surface area contributed by atoms with E-state index in [1.165, 1.54) is 6.08 Å². The van der Waals surface area contributed by atoms with Crippen LogP contribution in [0.15, 0.2) is 30.3 Å². The van der Waals surface area contributed by atoms with E-state index in [9.17, 15) is 4.79 Å². The number of hydrogen-bond acceptors (Lipinski definition) is 4. The molecule has 0 saturated carbocycles. The molecule has 1 N–H and O–H groups in total. The van der Waals surface area contributed by atoms with Crippen LogP contribution in [0.5, 0.6) is 0 Å². The van der Waals surface area contributed by atoms with Gasteiger partial charge in [-0.2, -0.15) is 5.26 Å². The first kappa shape index (κ1) is 17.2. The van der Waals surface area contributed by atoms with Gasteiger partial charge in [0, 0.05) is 44.8 Å². The lowest BCUT2D eigenvalue weighted by molar-refractivity contribution is -0.116. The number of nitriles is 1. The SMILES string of the molecule is C[C@@H](CNC(=O)/C=C/c1cccc(C#N)c1)N1CCN(C)CC1. The second-order valence-corrected chi connectivity index (χ2v) is 6.00. The predicted molar refractivity (Wildman–Crippen MR) is 91.7 cm³/mol. The van der Waals surface area contributed by atoms with Crippen LogP contribution in [0.2, 0.25) is 0 Å². The molecule has 0 aliphatic carbocycles. The molecule has 0 bridgehead atoms. The van der Waals surface area contributed by atoms with Gasteiger partial charge in [-0.15, -0.1) is 0 Å². The highest BCUT2D eigenvalue weighted by atomic mass is 16.1. The van der Waals surface area contributed by atoms with Gasteiger partial charge in [-0.3, -0.25) is 9.69 Å². The first-order valence-electron chi connectivity index (χ1n) is 7.97. The number of carbonyl (C=O) groups is 1. The van der Waals surface area contributed by atoms with E-state index in [1.807, 2.05) is 12.1 Å². The molecule has 1 aliphatic rings. The van der Waals surface area contributed by atoms with Gasteiger partial charge >= 0.3 is 0 Å². The number of hydrogen-bond donors (Lipinski definition) is 1. The highest BCUT2D eigenvalue weighted by Gasteiger charge is 2.18. The van der Waals surface area contributed by atoms with Crippen LogP contribution in [0.3, 0.4) is 0 Å². The lowest BCUT2D eigenvalue weighted by atomic mass is 10.1. The summed E-state index contributed by atoms with van der Waals surface area (Å²) in [6.45, 7) is 7.03. The molecule has 1 heterocycles. The van der Waals surface area contributed by atoms with E-state index in [1.54, 1.807) is 18.2 Å². The van der Waals surface area contributed by atoms with E-state index in [4.69, 9.17) is 5.26 Å². The Hall–Kier alpha value is -2.16. The first-order valence-corrected chi connectivity index (χ1v) is 7.97. The van der Waals surface area contributed by atoms with E-state index in [2.05, 4.69) is 35.2 Å². The Morgan fingerprint density at radius 3 is 2.83 bits per heavy atom. The number of amides is 1. The van der Waals surface area contributed by atoms with Crippen molar-refractivity contribution in [2.45, 2.75) is 13.0 Å². The van der Waals surface area contributed by atoms with E-state index >= 15 is 0 Å². The van der Waals surface area contributed by atoms with Gasteiger partial charge in [0.1, 0.15) is 0 Å². The Bertz CT molecular complexity index is 597. The second-order valence-electron chi connectivity index (χ2n) is 6.00. The van der Waals surface area contributed by atoms with Gasteiger partial charge in [-0.1, -0.05) is 12.1 Å². The number of rotatable bonds is 5. The van der Waals surface area contributed by atoms with E-state index < -0.39 is 0 Å². The van der Waals surface area contributed by atoms with E-state index in [-0.39, 0.29) is 5.91 Å². The Labute approximate surface area is 138 Å². The minimum atomic E-state index is -0.103. The molecule has 23 heavy (non-hydrogen) atoms. The summed E-state index contributed by atoms with van der Waals surface area (Å²) in [4.78, 5) is 16.6. The molecular formula is C18H24N4O. The number of benzene rings is 1. The fourth-order valence-electron chi connectivity index (χ4n) is 2.58. The van der Waals surface area contributed by atoms with Crippen LogP contribution < -0.4 is 5.32 Å². The molecule has 1 amide bonds. The molecule has 2 rings (SSSR count). The van der Waals surface area contributed by atoms with Crippen LogP contribution in [0.4, 0.5) is 0 Å². The fraction of sp³-hybridized carbons (Fsp3) is 0.444. The van der Waals surface area contributed by atoms with Crippen molar-refractivity contribution in [1.29, 1.82) is 5.26 Å². The molecule has 1 aliphatic heterocycles. The minimum Gasteiger partial charge on any atom is -0.351 e. The van der Waals surface area contributed by atoms with Crippen molar-refractivity contribution in [1.82, 2.24) is 15.1 Å². The summed E-state index contributed by atoms with van der Waals surface area (Å²) in [5.74, 6) is -0.103. The molecule has 1 saturated heterocycles. The first-order chi connectivity index (χ1) is 11.1. The lowest BCUT2D eigenvalue weighted by Gasteiger charge is -2.36. The smallest absolute Gasteiger partial charge is 0.244 e. The third-order valence-corrected chi connectivity index (χ3v) is 4.18. The average Bonchev–Trinajstić information content (AvgIpc) is 2.58. The highest BCUT2D eigenvalue weighted by molar-refractivity contribution is 5.91. The van der Waals surface area contributed by atoms with E-state index in [0.717, 1.165) is 31.7 Å². The van der Waals surface area contributed by atoms with Crippen LogP contribution in [-0.4, -0.2) is 61.5 Å². The molecule has 1 atom stereocenters. The number of nitrogens with zero attached hydrogens (tertiary/aromatic N) is 3. The van der Waals surface area contributed by atoms with Gasteiger partial charge in [-0.05, 0) is 37.7 Å². The average molecular weight is 312 g/mol. The largest absolute Gasteiger partial charge is 0.351 e. The minimum absolute atomic E-state index is 0.103. The molecule has 5 nitrogen and oxygen atoms in total. The molecule has 122 valence electrons. The summed E-state index contributed by atoms with van der Waals surface area (Å²) in [5.41, 5.74) is 1.45. The standard InChI is InChI=1S/C18H24N4O/c1-15(22-10-8-21(2)9-11-22)14-20-18(23)7-6-16-4-3-5-17(12-16)13-19/h3-7,12,15H,8-11,14H2,1-2H3,(H,20,23)/b7-6+/t15-/m0/s1. The number of carbonyl (C=O) groups excluding carboxylic acids is 1. The monoisotopic (exact) mass is 312 g/mol. The maximum absolute atomic E-state index is 11.9. The summed E-state index contributed by atoms with van der Waals surface area (Å²) in [6, 6.07) is 9.62. The molecular weight excluding hydrogens is 288 g/mol. The van der Waals surface area contributed by atoms with Crippen LogP contribution in [-0.2, 0) is 4.79 Å². The molecule has 1 aromatic rings. The predicted octanol–water partition coefficient (Wildman–Crippen LogP) is 1.32. The summed E-state index contributed by atoms with van der Waals surface area (Å²) in [6.07, 6.45) is 3.25. The lowest BCUT2D eigenvalue weighted by Crippen LogP contribution is -2.51. The molecule has 0 spiro atoms. The maximum Gasteiger partial charge on any atom is 0.244 e. The molecule has 1 fully saturated rings. The number of piperazine rings is 1. The van der Waals surface area contributed by atoms with Crippen LogP contribution in [0.1, 0.15) is 18.1 Å². The van der Waals surface area contributed by atoms with Crippen molar-refractivity contribution in [3.05, 3.63) is 41.5 Å². The molecule has 0 radical (unpaired) electrons. The Balaban J connectivity index is 1.78. The van der Waals surface area contributed by atoms with Gasteiger partial charge in [0.2, 0.25) is 5.91 Å². The Morgan fingerprint density at radius 2 is 2.13 bits per heavy atom. The van der Waals surface area contributed by atoms with Crippen molar-refractivity contribution in [2.75, 3.05) is 39.8 Å². The molecule has 5 heteroatoms. The Kier molecular flexibility index (Phi) is 6.33. The summed E-state index contributed by atoms with van der Waals surface area (Å²) in [5, 5.41) is 11.8. The van der Waals surface area contributed by atoms with Crippen LogP contribution in [0.25, 0.3) is 6.08 Å². The van der Waals surface area contributed by atoms with Gasteiger partial charge in [0.15, 0.2) is 0 Å². The molecule has 0 unspecified atom stereocenters. The normalized spacial score (nSPS) is 17.8. The van der Waals surface area contributed by atoms with Crippen LogP contribution in [0, 0.1) is 11.3 Å². The summed E-state index contributed by atoms with van der Waals surface area (Å²) < 4.78 is 0. The Morgan fingerprint density at radius 1 is 1.39 bits per heavy atom. The van der Waals surface area contributed by atoms with Crippen molar-refractivity contribution in [3.8, 4) is 6.07 Å². The summed E-state index contributed by atoms with van der Waals surface area (Å²) in [7, 11) is 2.13.